The molecule has 0 saturated heterocycles. The number of carboxylic acid groups (broad SMARTS) is 1. The molecule has 2 aromatic rings. The van der Waals surface area contributed by atoms with E-state index in [4.69, 9.17) is 5.11 Å². The van der Waals surface area contributed by atoms with Crippen molar-refractivity contribution in [3.8, 4) is 0 Å². The van der Waals surface area contributed by atoms with Gasteiger partial charge in [-0.05, 0) is 46.7 Å². The van der Waals surface area contributed by atoms with Gasteiger partial charge in [0.1, 0.15) is 5.82 Å². The van der Waals surface area contributed by atoms with E-state index in [1.165, 1.54) is 17.0 Å². The zero-order valence-electron chi connectivity index (χ0n) is 10.8. The molecule has 1 aromatic heterocycles. The lowest BCUT2D eigenvalue weighted by molar-refractivity contribution is 0.0691. The number of carboxylic acids is 1. The molecule has 0 radical (unpaired) electrons. The summed E-state index contributed by atoms with van der Waals surface area (Å²) in [6.07, 6.45) is 0. The Labute approximate surface area is 128 Å². The summed E-state index contributed by atoms with van der Waals surface area (Å²) in [6, 6.07) is 6.25. The highest BCUT2D eigenvalue weighted by Gasteiger charge is 2.12. The number of halogens is 2. The maximum absolute atomic E-state index is 13.3. The normalized spacial score (nSPS) is 11.0. The molecule has 1 heterocycles. The molecule has 0 aliphatic heterocycles. The number of hydrogen-bond donors (Lipinski definition) is 1. The van der Waals surface area contributed by atoms with Crippen LogP contribution in [0.15, 0.2) is 34.1 Å². The van der Waals surface area contributed by atoms with Crippen LogP contribution >= 0.6 is 27.3 Å². The smallest absolute Gasteiger partial charge is 0.338 e. The van der Waals surface area contributed by atoms with E-state index in [1.807, 2.05) is 12.4 Å². The third kappa shape index (κ3) is 3.88. The maximum Gasteiger partial charge on any atom is 0.338 e. The Morgan fingerprint density at radius 2 is 2.15 bits per heavy atom. The standard InChI is InChI=1S/C14H13BrFNO2S/c1-17(7-11-5-10(15)8-20-11)6-9-2-3-13(16)12(4-9)14(18)19/h2-5,8H,6-7H2,1H3,(H,18,19). The third-order valence-electron chi connectivity index (χ3n) is 2.76. The highest BCUT2D eigenvalue weighted by Crippen LogP contribution is 2.21. The number of aromatic carboxylic acids is 1. The maximum atomic E-state index is 13.3. The zero-order chi connectivity index (χ0) is 14.7. The van der Waals surface area contributed by atoms with E-state index in [1.54, 1.807) is 17.4 Å². The van der Waals surface area contributed by atoms with E-state index in [2.05, 4.69) is 26.9 Å². The van der Waals surface area contributed by atoms with Gasteiger partial charge in [-0.25, -0.2) is 9.18 Å². The number of thiophene rings is 1. The Hall–Kier alpha value is -1.24. The van der Waals surface area contributed by atoms with Crippen LogP contribution in [0.1, 0.15) is 20.8 Å². The van der Waals surface area contributed by atoms with Crippen LogP contribution in [0.5, 0.6) is 0 Å². The van der Waals surface area contributed by atoms with E-state index >= 15 is 0 Å². The van der Waals surface area contributed by atoms with Gasteiger partial charge in [0.15, 0.2) is 0 Å². The lowest BCUT2D eigenvalue weighted by Gasteiger charge is -2.16. The Balaban J connectivity index is 2.06. The lowest BCUT2D eigenvalue weighted by atomic mass is 10.1. The molecule has 20 heavy (non-hydrogen) atoms. The molecule has 1 N–H and O–H groups in total. The molecular weight excluding hydrogens is 345 g/mol. The fourth-order valence-corrected chi connectivity index (χ4v) is 3.44. The highest BCUT2D eigenvalue weighted by molar-refractivity contribution is 9.10. The van der Waals surface area contributed by atoms with Crippen LogP contribution in [-0.2, 0) is 13.1 Å². The first-order valence-corrected chi connectivity index (χ1v) is 7.56. The quantitative estimate of drug-likeness (QED) is 0.879. The summed E-state index contributed by atoms with van der Waals surface area (Å²) >= 11 is 5.06. The highest BCUT2D eigenvalue weighted by atomic mass is 79.9. The number of benzene rings is 1. The first kappa shape index (κ1) is 15.2. The Bertz CT molecular complexity index is 629. The summed E-state index contributed by atoms with van der Waals surface area (Å²) in [6.45, 7) is 1.33. The second-order valence-corrected chi connectivity index (χ2v) is 6.43. The second-order valence-electron chi connectivity index (χ2n) is 4.52. The van der Waals surface area contributed by atoms with E-state index in [0.29, 0.717) is 6.54 Å². The van der Waals surface area contributed by atoms with Gasteiger partial charge in [-0.3, -0.25) is 4.90 Å². The Morgan fingerprint density at radius 1 is 1.40 bits per heavy atom. The molecular formula is C14H13BrFNO2S. The summed E-state index contributed by atoms with van der Waals surface area (Å²) in [5.41, 5.74) is 0.497. The van der Waals surface area contributed by atoms with Crippen LogP contribution in [0.25, 0.3) is 0 Å². The molecule has 0 atom stereocenters. The summed E-state index contributed by atoms with van der Waals surface area (Å²) in [5.74, 6) is -1.94. The monoisotopic (exact) mass is 357 g/mol. The fraction of sp³-hybridized carbons (Fsp3) is 0.214. The minimum atomic E-state index is -1.24. The van der Waals surface area contributed by atoms with Crippen molar-refractivity contribution in [1.29, 1.82) is 0 Å². The Morgan fingerprint density at radius 3 is 2.75 bits per heavy atom. The lowest BCUT2D eigenvalue weighted by Crippen LogP contribution is -2.17. The molecule has 3 nitrogen and oxygen atoms in total. The van der Waals surface area contributed by atoms with Crippen molar-refractivity contribution in [3.63, 3.8) is 0 Å². The third-order valence-corrected chi connectivity index (χ3v) is 4.44. The minimum Gasteiger partial charge on any atom is -0.478 e. The molecule has 0 fully saturated rings. The summed E-state index contributed by atoms with van der Waals surface area (Å²) in [7, 11) is 1.94. The first-order chi connectivity index (χ1) is 9.45. The van der Waals surface area contributed by atoms with Crippen molar-refractivity contribution in [1.82, 2.24) is 4.90 Å². The molecule has 1 aromatic carbocycles. The van der Waals surface area contributed by atoms with Gasteiger partial charge in [0.05, 0.1) is 5.56 Å². The zero-order valence-corrected chi connectivity index (χ0v) is 13.2. The molecule has 0 unspecified atom stereocenters. The molecule has 0 bridgehead atoms. The topological polar surface area (TPSA) is 40.5 Å². The van der Waals surface area contributed by atoms with Crippen LogP contribution in [0.4, 0.5) is 4.39 Å². The van der Waals surface area contributed by atoms with Gasteiger partial charge in [0.2, 0.25) is 0 Å². The number of hydrogen-bond acceptors (Lipinski definition) is 3. The molecule has 6 heteroatoms. The van der Waals surface area contributed by atoms with Crippen LogP contribution in [0.3, 0.4) is 0 Å². The van der Waals surface area contributed by atoms with Gasteiger partial charge >= 0.3 is 5.97 Å². The SMILES string of the molecule is CN(Cc1ccc(F)c(C(=O)O)c1)Cc1cc(Br)cs1. The largest absolute Gasteiger partial charge is 0.478 e. The van der Waals surface area contributed by atoms with Crippen molar-refractivity contribution in [3.05, 3.63) is 55.9 Å². The number of nitrogens with zero attached hydrogens (tertiary/aromatic N) is 1. The van der Waals surface area contributed by atoms with E-state index in [-0.39, 0.29) is 5.56 Å². The van der Waals surface area contributed by atoms with Gasteiger partial charge in [-0.2, -0.15) is 0 Å². The van der Waals surface area contributed by atoms with Crippen molar-refractivity contribution < 1.29 is 14.3 Å². The van der Waals surface area contributed by atoms with Gasteiger partial charge in [-0.15, -0.1) is 11.3 Å². The van der Waals surface area contributed by atoms with Gasteiger partial charge < -0.3 is 5.11 Å². The van der Waals surface area contributed by atoms with Crippen molar-refractivity contribution in [2.45, 2.75) is 13.1 Å². The molecule has 2 rings (SSSR count). The van der Waals surface area contributed by atoms with Crippen molar-refractivity contribution >= 4 is 33.2 Å². The summed E-state index contributed by atoms with van der Waals surface area (Å²) in [4.78, 5) is 14.2. The first-order valence-electron chi connectivity index (χ1n) is 5.89. The van der Waals surface area contributed by atoms with Gasteiger partial charge in [0, 0.05) is 27.8 Å². The minimum absolute atomic E-state index is 0.283. The molecule has 0 aliphatic carbocycles. The van der Waals surface area contributed by atoms with Gasteiger partial charge in [0.25, 0.3) is 0 Å². The predicted octanol–water partition coefficient (Wildman–Crippen LogP) is 3.98. The van der Waals surface area contributed by atoms with Crippen LogP contribution in [0.2, 0.25) is 0 Å². The number of rotatable bonds is 5. The van der Waals surface area contributed by atoms with Crippen molar-refractivity contribution in [2.75, 3.05) is 7.05 Å². The average Bonchev–Trinajstić information content (AvgIpc) is 2.76. The molecule has 0 aliphatic rings. The van der Waals surface area contributed by atoms with E-state index < -0.39 is 11.8 Å². The van der Waals surface area contributed by atoms with E-state index in [0.717, 1.165) is 16.6 Å². The van der Waals surface area contributed by atoms with Crippen LogP contribution < -0.4 is 0 Å². The van der Waals surface area contributed by atoms with Crippen LogP contribution in [-0.4, -0.2) is 23.0 Å². The molecule has 0 spiro atoms. The second kappa shape index (κ2) is 6.47. The van der Waals surface area contributed by atoms with Crippen molar-refractivity contribution in [2.24, 2.45) is 0 Å². The molecule has 0 amide bonds. The number of carbonyl (C=O) groups is 1. The van der Waals surface area contributed by atoms with E-state index in [9.17, 15) is 9.18 Å². The van der Waals surface area contributed by atoms with Gasteiger partial charge in [-0.1, -0.05) is 6.07 Å². The molecule has 106 valence electrons. The Kier molecular flexibility index (Phi) is 4.91. The average molecular weight is 358 g/mol. The van der Waals surface area contributed by atoms with Crippen LogP contribution in [0, 0.1) is 5.82 Å². The summed E-state index contributed by atoms with van der Waals surface area (Å²) < 4.78 is 14.4. The molecule has 0 saturated carbocycles. The predicted molar refractivity (Wildman–Crippen MR) is 80.5 cm³/mol. The summed E-state index contributed by atoms with van der Waals surface area (Å²) in [5, 5.41) is 10.9. The fourth-order valence-electron chi connectivity index (χ4n) is 1.91.